The molecule has 30 heavy (non-hydrogen) atoms. The van der Waals surface area contributed by atoms with Crippen LogP contribution in [0.1, 0.15) is 5.56 Å². The van der Waals surface area contributed by atoms with Gasteiger partial charge in [-0.25, -0.2) is 9.36 Å². The zero-order valence-corrected chi connectivity index (χ0v) is 15.7. The Morgan fingerprint density at radius 2 is 1.73 bits per heavy atom. The second kappa shape index (κ2) is 7.51. The van der Waals surface area contributed by atoms with Crippen LogP contribution in [0.4, 0.5) is 13.2 Å². The quantitative estimate of drug-likeness (QED) is 0.506. The van der Waals surface area contributed by atoms with Crippen molar-refractivity contribution in [3.05, 3.63) is 88.8 Å². The molecule has 0 spiro atoms. The SMILES string of the molecule is COc1cccc(-n2nccc2-c2nn(-c3cccc(C(F)(F)F)c3)ccc2=O)c1. The first-order chi connectivity index (χ1) is 14.4. The number of rotatable bonds is 4. The second-order valence-corrected chi connectivity index (χ2v) is 6.35. The van der Waals surface area contributed by atoms with Crippen LogP contribution < -0.4 is 10.2 Å². The smallest absolute Gasteiger partial charge is 0.416 e. The Morgan fingerprint density at radius 1 is 0.967 bits per heavy atom. The maximum atomic E-state index is 13.1. The van der Waals surface area contributed by atoms with Gasteiger partial charge in [-0.15, -0.1) is 0 Å². The van der Waals surface area contributed by atoms with Crippen molar-refractivity contribution in [2.75, 3.05) is 7.11 Å². The first-order valence-electron chi connectivity index (χ1n) is 8.83. The van der Waals surface area contributed by atoms with Crippen LogP contribution in [-0.2, 0) is 6.18 Å². The Labute approximate surface area is 168 Å². The molecule has 0 bridgehead atoms. The molecule has 0 amide bonds. The first-order valence-corrected chi connectivity index (χ1v) is 8.83. The largest absolute Gasteiger partial charge is 0.497 e. The predicted octanol–water partition coefficient (Wildman–Crippen LogP) is 4.11. The van der Waals surface area contributed by atoms with E-state index in [1.807, 2.05) is 0 Å². The molecule has 6 nitrogen and oxygen atoms in total. The molecule has 0 radical (unpaired) electrons. The molecule has 9 heteroatoms. The Kier molecular flexibility index (Phi) is 4.86. The third kappa shape index (κ3) is 3.69. The highest BCUT2D eigenvalue weighted by molar-refractivity contribution is 5.58. The van der Waals surface area contributed by atoms with Crippen molar-refractivity contribution in [3.63, 3.8) is 0 Å². The number of ether oxygens (including phenoxy) is 1. The maximum absolute atomic E-state index is 13.1. The molecule has 2 aromatic carbocycles. The zero-order chi connectivity index (χ0) is 21.3. The number of benzene rings is 2. The summed E-state index contributed by atoms with van der Waals surface area (Å²) in [5, 5.41) is 8.53. The molecule has 2 aromatic heterocycles. The van der Waals surface area contributed by atoms with Crippen LogP contribution in [0.15, 0.2) is 77.9 Å². The van der Waals surface area contributed by atoms with Gasteiger partial charge in [0.2, 0.25) is 5.43 Å². The summed E-state index contributed by atoms with van der Waals surface area (Å²) in [5.74, 6) is 0.608. The van der Waals surface area contributed by atoms with E-state index in [0.29, 0.717) is 17.1 Å². The molecule has 0 aliphatic carbocycles. The standard InChI is InChI=1S/C21H15F3N4O2/c1-30-17-7-3-6-16(13-17)28-18(8-10-25-28)20-19(29)9-11-27(26-20)15-5-2-4-14(12-15)21(22,23)24/h2-13H,1H3. The van der Waals surface area contributed by atoms with Crippen LogP contribution in [0.2, 0.25) is 0 Å². The van der Waals surface area contributed by atoms with Gasteiger partial charge in [-0.1, -0.05) is 12.1 Å². The van der Waals surface area contributed by atoms with Crippen LogP contribution in [0, 0.1) is 0 Å². The van der Waals surface area contributed by atoms with Crippen LogP contribution in [0.5, 0.6) is 5.75 Å². The molecule has 2 heterocycles. The van der Waals surface area contributed by atoms with Gasteiger partial charge in [0.25, 0.3) is 0 Å². The van der Waals surface area contributed by atoms with E-state index in [0.717, 1.165) is 12.1 Å². The number of alkyl halides is 3. The molecule has 0 unspecified atom stereocenters. The fraction of sp³-hybridized carbons (Fsp3) is 0.0952. The fourth-order valence-corrected chi connectivity index (χ4v) is 2.98. The lowest BCUT2D eigenvalue weighted by molar-refractivity contribution is -0.137. The molecule has 0 fully saturated rings. The topological polar surface area (TPSA) is 61.9 Å². The Morgan fingerprint density at radius 3 is 2.50 bits per heavy atom. The average Bonchev–Trinajstić information content (AvgIpc) is 3.23. The van der Waals surface area contributed by atoms with E-state index < -0.39 is 11.7 Å². The molecule has 0 saturated heterocycles. The van der Waals surface area contributed by atoms with Gasteiger partial charge in [0.05, 0.1) is 35.9 Å². The van der Waals surface area contributed by atoms with Crippen molar-refractivity contribution < 1.29 is 17.9 Å². The predicted molar refractivity (Wildman–Crippen MR) is 104 cm³/mol. The van der Waals surface area contributed by atoms with Gasteiger partial charge >= 0.3 is 6.18 Å². The van der Waals surface area contributed by atoms with E-state index in [1.54, 1.807) is 30.3 Å². The number of hydrogen-bond acceptors (Lipinski definition) is 4. The zero-order valence-electron chi connectivity index (χ0n) is 15.7. The van der Waals surface area contributed by atoms with Crippen LogP contribution >= 0.6 is 0 Å². The number of hydrogen-bond donors (Lipinski definition) is 0. The molecule has 0 aliphatic rings. The van der Waals surface area contributed by atoms with Crippen molar-refractivity contribution in [2.24, 2.45) is 0 Å². The highest BCUT2D eigenvalue weighted by atomic mass is 19.4. The minimum atomic E-state index is -4.48. The normalized spacial score (nSPS) is 11.5. The number of halogens is 3. The molecule has 0 saturated carbocycles. The summed E-state index contributed by atoms with van der Waals surface area (Å²) in [6.45, 7) is 0. The second-order valence-electron chi connectivity index (χ2n) is 6.35. The first kappa shape index (κ1) is 19.4. The maximum Gasteiger partial charge on any atom is 0.416 e. The Bertz CT molecular complexity index is 1260. The summed E-state index contributed by atoms with van der Waals surface area (Å²) in [6, 6.07) is 14.7. The molecule has 0 atom stereocenters. The number of aromatic nitrogens is 4. The minimum Gasteiger partial charge on any atom is -0.497 e. The summed E-state index contributed by atoms with van der Waals surface area (Å²) >= 11 is 0. The molecule has 152 valence electrons. The summed E-state index contributed by atoms with van der Waals surface area (Å²) in [7, 11) is 1.54. The van der Waals surface area contributed by atoms with E-state index in [4.69, 9.17) is 4.74 Å². The molecule has 4 aromatic rings. The average molecular weight is 412 g/mol. The minimum absolute atomic E-state index is 0.0511. The fourth-order valence-electron chi connectivity index (χ4n) is 2.98. The van der Waals surface area contributed by atoms with E-state index in [2.05, 4.69) is 10.2 Å². The van der Waals surface area contributed by atoms with Gasteiger partial charge in [0, 0.05) is 18.3 Å². The van der Waals surface area contributed by atoms with Crippen molar-refractivity contribution in [1.82, 2.24) is 19.6 Å². The lowest BCUT2D eigenvalue weighted by atomic mass is 10.2. The third-order valence-electron chi connectivity index (χ3n) is 4.43. The molecule has 0 aliphatic heterocycles. The van der Waals surface area contributed by atoms with Gasteiger partial charge in [0.1, 0.15) is 5.75 Å². The Balaban J connectivity index is 1.82. The summed E-state index contributed by atoms with van der Waals surface area (Å²) in [4.78, 5) is 12.5. The third-order valence-corrected chi connectivity index (χ3v) is 4.43. The summed E-state index contributed by atoms with van der Waals surface area (Å²) in [5.41, 5.74) is 0.0831. The molecular weight excluding hydrogens is 397 g/mol. The highest BCUT2D eigenvalue weighted by Gasteiger charge is 2.30. The van der Waals surface area contributed by atoms with E-state index >= 15 is 0 Å². The molecule has 0 N–H and O–H groups in total. The van der Waals surface area contributed by atoms with E-state index in [1.165, 1.54) is 47.1 Å². The number of methoxy groups -OCH3 is 1. The lowest BCUT2D eigenvalue weighted by Gasteiger charge is -2.12. The van der Waals surface area contributed by atoms with Crippen molar-refractivity contribution in [3.8, 4) is 28.5 Å². The van der Waals surface area contributed by atoms with Gasteiger partial charge in [-0.3, -0.25) is 4.79 Å². The van der Waals surface area contributed by atoms with Crippen LogP contribution in [0.3, 0.4) is 0 Å². The molecular formula is C21H15F3N4O2. The highest BCUT2D eigenvalue weighted by Crippen LogP contribution is 2.30. The monoisotopic (exact) mass is 412 g/mol. The van der Waals surface area contributed by atoms with Crippen molar-refractivity contribution in [1.29, 1.82) is 0 Å². The van der Waals surface area contributed by atoms with Gasteiger partial charge in [0.15, 0.2) is 5.69 Å². The van der Waals surface area contributed by atoms with Gasteiger partial charge in [-0.2, -0.15) is 23.4 Å². The summed E-state index contributed by atoms with van der Waals surface area (Å²) < 4.78 is 47.1. The van der Waals surface area contributed by atoms with Crippen molar-refractivity contribution in [2.45, 2.75) is 6.18 Å². The van der Waals surface area contributed by atoms with Crippen molar-refractivity contribution >= 4 is 0 Å². The molecule has 4 rings (SSSR count). The number of nitrogens with zero attached hydrogens (tertiary/aromatic N) is 4. The Hall–Kier alpha value is -3.88. The van der Waals surface area contributed by atoms with Gasteiger partial charge < -0.3 is 4.74 Å². The lowest BCUT2D eigenvalue weighted by Crippen LogP contribution is -2.15. The van der Waals surface area contributed by atoms with Gasteiger partial charge in [-0.05, 0) is 36.4 Å². The van der Waals surface area contributed by atoms with Crippen LogP contribution in [0.25, 0.3) is 22.8 Å². The van der Waals surface area contributed by atoms with E-state index in [-0.39, 0.29) is 16.8 Å². The van der Waals surface area contributed by atoms with Crippen LogP contribution in [-0.4, -0.2) is 26.7 Å². The van der Waals surface area contributed by atoms with E-state index in [9.17, 15) is 18.0 Å². The summed E-state index contributed by atoms with van der Waals surface area (Å²) in [6.07, 6.45) is -1.64.